The Morgan fingerprint density at radius 2 is 1.56 bits per heavy atom. The number of fused-ring (bicyclic) bond motifs is 1. The molecular weight excluding hydrogens is 708 g/mol. The zero-order valence-corrected chi connectivity index (χ0v) is 31.1. The van der Waals surface area contributed by atoms with Crippen molar-refractivity contribution in [3.05, 3.63) is 81.7 Å². The van der Waals surface area contributed by atoms with Crippen LogP contribution in [0.5, 0.6) is 5.75 Å². The van der Waals surface area contributed by atoms with E-state index in [0.717, 1.165) is 40.9 Å². The van der Waals surface area contributed by atoms with Crippen molar-refractivity contribution in [3.63, 3.8) is 0 Å². The van der Waals surface area contributed by atoms with E-state index in [4.69, 9.17) is 21.1 Å². The van der Waals surface area contributed by atoms with E-state index in [1.54, 1.807) is 47.2 Å². The van der Waals surface area contributed by atoms with E-state index in [9.17, 15) is 26.8 Å². The number of rotatable bonds is 9. The minimum Gasteiger partial charge on any atom is -0.496 e. The van der Waals surface area contributed by atoms with Gasteiger partial charge in [0.2, 0.25) is 10.0 Å². The normalized spacial score (nSPS) is 16.6. The third-order valence-corrected chi connectivity index (χ3v) is 10.9. The van der Waals surface area contributed by atoms with Crippen molar-refractivity contribution in [2.24, 2.45) is 0 Å². The lowest BCUT2D eigenvalue weighted by molar-refractivity contribution is 0.0144. The zero-order valence-electron chi connectivity index (χ0n) is 28.7. The molecule has 1 saturated carbocycles. The van der Waals surface area contributed by atoms with E-state index < -0.39 is 39.3 Å². The van der Waals surface area contributed by atoms with Crippen LogP contribution in [0.4, 0.5) is 19.3 Å². The highest BCUT2D eigenvalue weighted by molar-refractivity contribution is 7.92. The smallest absolute Gasteiger partial charge is 0.410 e. The fraction of sp³-hybridized carbons (Fsp3) is 0.389. The van der Waals surface area contributed by atoms with Gasteiger partial charge in [0.25, 0.3) is 5.91 Å². The van der Waals surface area contributed by atoms with Gasteiger partial charge in [-0.2, -0.15) is 0 Å². The molecule has 1 aromatic heterocycles. The van der Waals surface area contributed by atoms with Crippen molar-refractivity contribution in [3.8, 4) is 16.9 Å². The van der Waals surface area contributed by atoms with Crippen LogP contribution in [0.15, 0.2) is 54.6 Å². The minimum absolute atomic E-state index is 0.0303. The molecule has 2 amide bonds. The molecule has 0 bridgehead atoms. The van der Waals surface area contributed by atoms with Gasteiger partial charge in [-0.05, 0) is 94.0 Å². The Morgan fingerprint density at radius 3 is 2.14 bits per heavy atom. The lowest BCUT2D eigenvalue weighted by atomic mass is 9.89. The van der Waals surface area contributed by atoms with Crippen LogP contribution in [-0.4, -0.2) is 68.3 Å². The molecule has 1 fully saturated rings. The number of hydrogen-bond acceptors (Lipinski definition) is 7. The fourth-order valence-electron chi connectivity index (χ4n) is 6.18. The standard InChI is InChI=1S/C36H40ClF2N3O6S2/c1-36(2,3)48-35(44)41(4)25-12-14-26(15-13-25)42(34(43)33-31(37)30-27(38)16-17-28(39)32(30)49-33)20-23-19-22(9-18-29(23)47-5)21-7-10-24(11-8-21)40-50(6,45)46/h7-11,16-19,25-26,40H,12-15,20H2,1-6H3/t25-,26-. The van der Waals surface area contributed by atoms with Crippen molar-refractivity contribution < 1.29 is 36.3 Å². The summed E-state index contributed by atoms with van der Waals surface area (Å²) < 4.78 is 66.7. The van der Waals surface area contributed by atoms with Gasteiger partial charge in [-0.3, -0.25) is 9.52 Å². The van der Waals surface area contributed by atoms with Crippen molar-refractivity contribution in [2.75, 3.05) is 25.1 Å². The third kappa shape index (κ3) is 8.50. The summed E-state index contributed by atoms with van der Waals surface area (Å²) in [7, 11) is -0.202. The highest BCUT2D eigenvalue weighted by Crippen LogP contribution is 2.41. The van der Waals surface area contributed by atoms with E-state index >= 15 is 0 Å². The van der Waals surface area contributed by atoms with E-state index in [0.29, 0.717) is 42.7 Å². The first-order chi connectivity index (χ1) is 23.5. The summed E-state index contributed by atoms with van der Waals surface area (Å²) in [5, 5.41) is -0.269. The summed E-state index contributed by atoms with van der Waals surface area (Å²) in [5.41, 5.74) is 2.06. The number of carbonyl (C=O) groups is 2. The average Bonchev–Trinajstić information content (AvgIpc) is 3.41. The van der Waals surface area contributed by atoms with Gasteiger partial charge in [0.15, 0.2) is 0 Å². The van der Waals surface area contributed by atoms with Gasteiger partial charge in [0.1, 0.15) is 27.9 Å². The van der Waals surface area contributed by atoms with Crippen LogP contribution in [0, 0.1) is 11.6 Å². The number of amides is 2. The van der Waals surface area contributed by atoms with E-state index in [1.165, 1.54) is 7.11 Å². The fourth-order valence-corrected chi connectivity index (χ4v) is 8.25. The third-order valence-electron chi connectivity index (χ3n) is 8.62. The lowest BCUT2D eigenvalue weighted by Gasteiger charge is -2.40. The van der Waals surface area contributed by atoms with Gasteiger partial charge >= 0.3 is 6.09 Å². The number of ether oxygens (including phenoxy) is 2. The van der Waals surface area contributed by atoms with Gasteiger partial charge in [-0.25, -0.2) is 22.0 Å². The quantitative estimate of drug-likeness (QED) is 0.184. The maximum Gasteiger partial charge on any atom is 0.410 e. The predicted molar refractivity (Wildman–Crippen MR) is 194 cm³/mol. The summed E-state index contributed by atoms with van der Waals surface area (Å²) >= 11 is 7.43. The first kappa shape index (κ1) is 37.3. The van der Waals surface area contributed by atoms with Crippen LogP contribution in [0.25, 0.3) is 21.2 Å². The number of methoxy groups -OCH3 is 1. The minimum atomic E-state index is -3.44. The van der Waals surface area contributed by atoms with Crippen LogP contribution in [-0.2, 0) is 21.3 Å². The summed E-state index contributed by atoms with van der Waals surface area (Å²) in [6.07, 6.45) is 2.94. The first-order valence-electron chi connectivity index (χ1n) is 16.0. The molecule has 0 unspecified atom stereocenters. The number of nitrogens with zero attached hydrogens (tertiary/aromatic N) is 2. The van der Waals surface area contributed by atoms with Crippen LogP contribution in [0.2, 0.25) is 5.02 Å². The van der Waals surface area contributed by atoms with Gasteiger partial charge < -0.3 is 19.3 Å². The molecule has 3 aromatic carbocycles. The SMILES string of the molecule is COc1ccc(-c2ccc(NS(C)(=O)=O)cc2)cc1CN(C(=O)c1sc2c(F)ccc(F)c2c1Cl)[C@H]1CC[C@H](N(C)C(=O)OC(C)(C)C)CC1. The molecule has 5 rings (SSSR count). The molecule has 0 aliphatic heterocycles. The molecule has 0 atom stereocenters. The van der Waals surface area contributed by atoms with Crippen LogP contribution < -0.4 is 9.46 Å². The van der Waals surface area contributed by atoms with Crippen molar-refractivity contribution in [1.29, 1.82) is 0 Å². The first-order valence-corrected chi connectivity index (χ1v) is 19.1. The van der Waals surface area contributed by atoms with E-state index in [-0.39, 0.29) is 38.6 Å². The molecule has 1 aliphatic rings. The molecule has 4 aromatic rings. The number of hydrogen-bond donors (Lipinski definition) is 1. The highest BCUT2D eigenvalue weighted by atomic mass is 35.5. The summed E-state index contributed by atoms with van der Waals surface area (Å²) in [6.45, 7) is 5.52. The monoisotopic (exact) mass is 747 g/mol. The second-order valence-electron chi connectivity index (χ2n) is 13.4. The Hall–Kier alpha value is -3.94. The Bertz CT molecular complexity index is 2010. The van der Waals surface area contributed by atoms with Gasteiger partial charge in [-0.15, -0.1) is 11.3 Å². The van der Waals surface area contributed by atoms with Crippen LogP contribution >= 0.6 is 22.9 Å². The molecule has 1 heterocycles. The molecule has 0 radical (unpaired) electrons. The number of anilines is 1. The molecule has 0 spiro atoms. The number of sulfonamides is 1. The van der Waals surface area contributed by atoms with Crippen molar-refractivity contribution in [1.82, 2.24) is 9.80 Å². The topological polar surface area (TPSA) is 105 Å². The number of halogens is 3. The zero-order chi connectivity index (χ0) is 36.5. The summed E-state index contributed by atoms with van der Waals surface area (Å²) in [5.74, 6) is -1.33. The Kier molecular flexibility index (Phi) is 11.0. The molecule has 14 heteroatoms. The van der Waals surface area contributed by atoms with Crippen LogP contribution in [0.1, 0.15) is 61.7 Å². The average molecular weight is 748 g/mol. The molecule has 268 valence electrons. The maximum absolute atomic E-state index is 14.8. The van der Waals surface area contributed by atoms with Gasteiger partial charge in [0.05, 0.1) is 28.5 Å². The Balaban J connectivity index is 1.48. The number of carbonyl (C=O) groups excluding carboxylic acids is 2. The number of benzene rings is 3. The summed E-state index contributed by atoms with van der Waals surface area (Å²) in [6, 6.07) is 14.0. The van der Waals surface area contributed by atoms with E-state index in [1.807, 2.05) is 32.9 Å². The Labute approximate surface area is 300 Å². The summed E-state index contributed by atoms with van der Waals surface area (Å²) in [4.78, 5) is 30.6. The van der Waals surface area contributed by atoms with Crippen LogP contribution in [0.3, 0.4) is 0 Å². The molecule has 50 heavy (non-hydrogen) atoms. The van der Waals surface area contributed by atoms with Crippen molar-refractivity contribution in [2.45, 2.75) is 70.7 Å². The molecule has 1 N–H and O–H groups in total. The van der Waals surface area contributed by atoms with Gasteiger partial charge in [-0.1, -0.05) is 29.8 Å². The number of nitrogens with one attached hydrogen (secondary N) is 1. The highest BCUT2D eigenvalue weighted by Gasteiger charge is 2.35. The lowest BCUT2D eigenvalue weighted by Crippen LogP contribution is -2.47. The second kappa shape index (κ2) is 14.7. The van der Waals surface area contributed by atoms with E-state index in [2.05, 4.69) is 4.72 Å². The molecule has 0 saturated heterocycles. The maximum atomic E-state index is 14.8. The van der Waals surface area contributed by atoms with Gasteiger partial charge in [0, 0.05) is 36.9 Å². The molecule has 1 aliphatic carbocycles. The Morgan fingerprint density at radius 1 is 0.960 bits per heavy atom. The second-order valence-corrected chi connectivity index (χ2v) is 16.6. The molecular formula is C36H40ClF2N3O6S2. The predicted octanol–water partition coefficient (Wildman–Crippen LogP) is 8.70. The molecule has 9 nitrogen and oxygen atoms in total. The number of thiophene rings is 1. The van der Waals surface area contributed by atoms with Crippen molar-refractivity contribution >= 4 is 60.7 Å². The largest absolute Gasteiger partial charge is 0.496 e.